The van der Waals surface area contributed by atoms with E-state index < -0.39 is 0 Å². The van der Waals surface area contributed by atoms with Crippen LogP contribution in [0.25, 0.3) is 0 Å². The second-order valence-electron chi connectivity index (χ2n) is 4.13. The molecule has 2 N–H and O–H groups in total. The fourth-order valence-electron chi connectivity index (χ4n) is 1.77. The fourth-order valence-corrected chi connectivity index (χ4v) is 2.01. The zero-order valence-corrected chi connectivity index (χ0v) is 11.8. The van der Waals surface area contributed by atoms with Crippen molar-refractivity contribution in [2.45, 2.75) is 6.92 Å². The van der Waals surface area contributed by atoms with Gasteiger partial charge >= 0.3 is 0 Å². The minimum Gasteiger partial charge on any atom is -0.496 e. The molecule has 3 nitrogen and oxygen atoms in total. The van der Waals surface area contributed by atoms with Gasteiger partial charge in [0, 0.05) is 11.4 Å². The molecule has 2 aromatic rings. The minimum absolute atomic E-state index is 0.566. The molecule has 0 aromatic heterocycles. The number of methoxy groups -OCH3 is 1. The number of benzene rings is 2. The summed E-state index contributed by atoms with van der Waals surface area (Å²) in [5, 5.41) is 6.84. The molecule has 0 spiro atoms. The second kappa shape index (κ2) is 6.20. The van der Waals surface area contributed by atoms with Crippen LogP contribution in [0.3, 0.4) is 0 Å². The van der Waals surface area contributed by atoms with Crippen LogP contribution in [0.2, 0.25) is 0 Å². The van der Waals surface area contributed by atoms with Crippen molar-refractivity contribution < 1.29 is 4.74 Å². The summed E-state index contributed by atoms with van der Waals surface area (Å²) in [4.78, 5) is 0. The molecule has 0 aliphatic rings. The van der Waals surface area contributed by atoms with Gasteiger partial charge in [-0.1, -0.05) is 18.2 Å². The van der Waals surface area contributed by atoms with Crippen LogP contribution in [0.5, 0.6) is 5.75 Å². The molecule has 0 bridgehead atoms. The quantitative estimate of drug-likeness (QED) is 0.832. The van der Waals surface area contributed by atoms with Gasteiger partial charge in [0.25, 0.3) is 0 Å². The molecule has 2 aromatic carbocycles. The predicted molar refractivity (Wildman–Crippen MR) is 84.0 cm³/mol. The van der Waals surface area contributed by atoms with Crippen molar-refractivity contribution in [3.05, 3.63) is 54.1 Å². The largest absolute Gasteiger partial charge is 0.496 e. The van der Waals surface area contributed by atoms with Crippen molar-refractivity contribution in [1.82, 2.24) is 0 Å². The maximum atomic E-state index is 5.27. The van der Waals surface area contributed by atoms with Gasteiger partial charge in [0.2, 0.25) is 0 Å². The van der Waals surface area contributed by atoms with E-state index in [4.69, 9.17) is 17.0 Å². The summed E-state index contributed by atoms with van der Waals surface area (Å²) in [6.45, 7) is 2.00. The van der Waals surface area contributed by atoms with Crippen LogP contribution in [0, 0.1) is 6.92 Å². The summed E-state index contributed by atoms with van der Waals surface area (Å²) in [7, 11) is 1.66. The lowest BCUT2D eigenvalue weighted by Gasteiger charge is -2.12. The minimum atomic E-state index is 0.566. The molecule has 98 valence electrons. The van der Waals surface area contributed by atoms with E-state index in [1.54, 1.807) is 7.11 Å². The Kier molecular flexibility index (Phi) is 4.36. The lowest BCUT2D eigenvalue weighted by Crippen LogP contribution is -2.19. The van der Waals surface area contributed by atoms with Crippen LogP contribution in [0.4, 0.5) is 11.4 Å². The van der Waals surface area contributed by atoms with E-state index in [-0.39, 0.29) is 0 Å². The van der Waals surface area contributed by atoms with Gasteiger partial charge in [-0.15, -0.1) is 0 Å². The third kappa shape index (κ3) is 3.69. The maximum absolute atomic E-state index is 5.27. The van der Waals surface area contributed by atoms with E-state index >= 15 is 0 Å². The zero-order chi connectivity index (χ0) is 13.7. The van der Waals surface area contributed by atoms with Crippen molar-refractivity contribution in [3.63, 3.8) is 0 Å². The molecule has 19 heavy (non-hydrogen) atoms. The van der Waals surface area contributed by atoms with Crippen molar-refractivity contribution in [1.29, 1.82) is 0 Å². The zero-order valence-electron chi connectivity index (χ0n) is 10.9. The molecule has 0 amide bonds. The molecule has 0 heterocycles. The molecule has 0 aliphatic heterocycles. The Balaban J connectivity index is 2.01. The SMILES string of the molecule is COc1ccc(NC(=S)Nc2ccccc2)cc1C. The van der Waals surface area contributed by atoms with Crippen LogP contribution in [-0.4, -0.2) is 12.2 Å². The number of nitrogens with one attached hydrogen (secondary N) is 2. The molecule has 0 aliphatic carbocycles. The number of anilines is 2. The Morgan fingerprint density at radius 1 is 1.00 bits per heavy atom. The van der Waals surface area contributed by atoms with Crippen molar-refractivity contribution in [2.75, 3.05) is 17.7 Å². The van der Waals surface area contributed by atoms with Crippen molar-refractivity contribution in [3.8, 4) is 5.75 Å². The van der Waals surface area contributed by atoms with Gasteiger partial charge in [0.05, 0.1) is 7.11 Å². The lowest BCUT2D eigenvalue weighted by molar-refractivity contribution is 0.412. The molecule has 0 atom stereocenters. The highest BCUT2D eigenvalue weighted by molar-refractivity contribution is 7.80. The number of ether oxygens (including phenoxy) is 1. The van der Waals surface area contributed by atoms with E-state index in [0.29, 0.717) is 5.11 Å². The molecule has 0 saturated carbocycles. The Hall–Kier alpha value is -2.07. The van der Waals surface area contributed by atoms with Gasteiger partial charge in [-0.05, 0) is 55.0 Å². The fraction of sp³-hybridized carbons (Fsp3) is 0.133. The van der Waals surface area contributed by atoms with E-state index in [1.807, 2.05) is 55.5 Å². The van der Waals surface area contributed by atoms with E-state index in [2.05, 4.69) is 10.6 Å². The summed E-state index contributed by atoms with van der Waals surface area (Å²) < 4.78 is 5.22. The average molecular weight is 272 g/mol. The molecule has 0 radical (unpaired) electrons. The number of hydrogen-bond acceptors (Lipinski definition) is 2. The predicted octanol–water partition coefficient (Wildman–Crippen LogP) is 3.81. The first-order valence-corrected chi connectivity index (χ1v) is 6.37. The number of rotatable bonds is 3. The summed E-state index contributed by atoms with van der Waals surface area (Å²) in [5.74, 6) is 0.868. The molecular formula is C15H16N2OS. The third-order valence-electron chi connectivity index (χ3n) is 2.68. The molecular weight excluding hydrogens is 256 g/mol. The number of thiocarbonyl (C=S) groups is 1. The molecule has 4 heteroatoms. The van der Waals surface area contributed by atoms with E-state index in [0.717, 1.165) is 22.7 Å². The Labute approximate surface area is 118 Å². The topological polar surface area (TPSA) is 33.3 Å². The Morgan fingerprint density at radius 2 is 1.68 bits per heavy atom. The van der Waals surface area contributed by atoms with Gasteiger partial charge in [0.15, 0.2) is 5.11 Å². The van der Waals surface area contributed by atoms with Crippen molar-refractivity contribution >= 4 is 28.7 Å². The van der Waals surface area contributed by atoms with Crippen molar-refractivity contribution in [2.24, 2.45) is 0 Å². The first-order chi connectivity index (χ1) is 9.19. The number of aryl methyl sites for hydroxylation is 1. The first-order valence-electron chi connectivity index (χ1n) is 5.97. The maximum Gasteiger partial charge on any atom is 0.175 e. The van der Waals surface area contributed by atoms with Crippen LogP contribution >= 0.6 is 12.2 Å². The number of hydrogen-bond donors (Lipinski definition) is 2. The molecule has 0 unspecified atom stereocenters. The highest BCUT2D eigenvalue weighted by Gasteiger charge is 2.02. The van der Waals surface area contributed by atoms with E-state index in [9.17, 15) is 0 Å². The highest BCUT2D eigenvalue weighted by atomic mass is 32.1. The smallest absolute Gasteiger partial charge is 0.175 e. The first kappa shape index (κ1) is 13.4. The Morgan fingerprint density at radius 3 is 2.32 bits per heavy atom. The van der Waals surface area contributed by atoms with Gasteiger partial charge in [-0.25, -0.2) is 0 Å². The number of para-hydroxylation sites is 1. The summed E-state index contributed by atoms with van der Waals surface area (Å²) in [6.07, 6.45) is 0. The molecule has 0 fully saturated rings. The monoisotopic (exact) mass is 272 g/mol. The Bertz CT molecular complexity index is 570. The molecule has 2 rings (SSSR count). The van der Waals surface area contributed by atoms with Crippen LogP contribution < -0.4 is 15.4 Å². The average Bonchev–Trinajstić information content (AvgIpc) is 2.40. The highest BCUT2D eigenvalue weighted by Crippen LogP contribution is 2.21. The van der Waals surface area contributed by atoms with Crippen LogP contribution in [-0.2, 0) is 0 Å². The summed E-state index contributed by atoms with van der Waals surface area (Å²) in [5.41, 5.74) is 2.96. The van der Waals surface area contributed by atoms with Gasteiger partial charge < -0.3 is 15.4 Å². The standard InChI is InChI=1S/C15H16N2OS/c1-11-10-13(8-9-14(11)18-2)17-15(19)16-12-6-4-3-5-7-12/h3-10H,1-2H3,(H2,16,17,19). The summed E-state index contributed by atoms with van der Waals surface area (Å²) >= 11 is 5.27. The lowest BCUT2D eigenvalue weighted by atomic mass is 10.2. The van der Waals surface area contributed by atoms with Gasteiger partial charge in [-0.2, -0.15) is 0 Å². The second-order valence-corrected chi connectivity index (χ2v) is 4.54. The van der Waals surface area contributed by atoms with Gasteiger partial charge in [-0.3, -0.25) is 0 Å². The normalized spacial score (nSPS) is 9.79. The molecule has 0 saturated heterocycles. The van der Waals surface area contributed by atoms with Crippen LogP contribution in [0.1, 0.15) is 5.56 Å². The van der Waals surface area contributed by atoms with Gasteiger partial charge in [0.1, 0.15) is 5.75 Å². The van der Waals surface area contributed by atoms with E-state index in [1.165, 1.54) is 0 Å². The summed E-state index contributed by atoms with van der Waals surface area (Å²) in [6, 6.07) is 15.7. The third-order valence-corrected chi connectivity index (χ3v) is 2.89. The van der Waals surface area contributed by atoms with Crippen LogP contribution in [0.15, 0.2) is 48.5 Å².